The van der Waals surface area contributed by atoms with Crippen LogP contribution in [0.3, 0.4) is 0 Å². The lowest BCUT2D eigenvalue weighted by Gasteiger charge is -2.10. The topological polar surface area (TPSA) is 84.8 Å². The molecule has 0 saturated heterocycles. The fourth-order valence-electron chi connectivity index (χ4n) is 2.44. The molecule has 3 aromatic rings. The number of ether oxygens (including phenoxy) is 1. The van der Waals surface area contributed by atoms with E-state index in [9.17, 15) is 5.26 Å². The first-order valence-electron chi connectivity index (χ1n) is 7.58. The predicted octanol–water partition coefficient (Wildman–Crippen LogP) is 3.66. The Labute approximate surface area is 140 Å². The van der Waals surface area contributed by atoms with Gasteiger partial charge in [-0.15, -0.1) is 0 Å². The summed E-state index contributed by atoms with van der Waals surface area (Å²) >= 11 is 0. The molecule has 0 aliphatic heterocycles. The molecule has 5 heteroatoms. The lowest BCUT2D eigenvalue weighted by molar-refractivity contribution is 0.340. The van der Waals surface area contributed by atoms with Crippen molar-refractivity contribution < 1.29 is 4.74 Å². The fraction of sp³-hybridized carbons (Fsp3) is 0.105. The second-order valence-corrected chi connectivity index (χ2v) is 5.10. The maximum atomic E-state index is 9.40. The molecule has 5 nitrogen and oxygen atoms in total. The molecule has 0 saturated carbocycles. The second kappa shape index (κ2) is 6.80. The first kappa shape index (κ1) is 15.5. The first-order valence-corrected chi connectivity index (χ1v) is 7.58. The highest BCUT2D eigenvalue weighted by Crippen LogP contribution is 2.30. The van der Waals surface area contributed by atoms with Crippen molar-refractivity contribution in [2.75, 3.05) is 12.3 Å². The maximum Gasteiger partial charge on any atom is 0.142 e. The molecule has 3 rings (SSSR count). The Balaban J connectivity index is 2.10. The van der Waals surface area contributed by atoms with Gasteiger partial charge in [0.25, 0.3) is 0 Å². The molecule has 0 fully saturated rings. The Morgan fingerprint density at radius 1 is 1.12 bits per heavy atom. The van der Waals surface area contributed by atoms with E-state index >= 15 is 0 Å². The van der Waals surface area contributed by atoms with Crippen molar-refractivity contribution in [3.63, 3.8) is 0 Å². The predicted molar refractivity (Wildman–Crippen MR) is 93.2 cm³/mol. The highest BCUT2D eigenvalue weighted by Gasteiger charge is 2.14. The number of benzene rings is 1. The highest BCUT2D eigenvalue weighted by atomic mass is 16.5. The number of aromatic nitrogens is 2. The van der Waals surface area contributed by atoms with Crippen molar-refractivity contribution in [3.8, 4) is 34.3 Å². The van der Waals surface area contributed by atoms with Crippen LogP contribution < -0.4 is 10.5 Å². The zero-order chi connectivity index (χ0) is 16.9. The average Bonchev–Trinajstić information content (AvgIpc) is 2.63. The molecule has 2 aromatic heterocycles. The Morgan fingerprint density at radius 2 is 1.92 bits per heavy atom. The minimum absolute atomic E-state index is 0.199. The van der Waals surface area contributed by atoms with Crippen LogP contribution in [-0.4, -0.2) is 16.6 Å². The van der Waals surface area contributed by atoms with Crippen molar-refractivity contribution in [1.82, 2.24) is 9.97 Å². The average molecular weight is 316 g/mol. The third-order valence-corrected chi connectivity index (χ3v) is 3.56. The third-order valence-electron chi connectivity index (χ3n) is 3.56. The molecule has 0 amide bonds. The Kier molecular flexibility index (Phi) is 4.39. The lowest BCUT2D eigenvalue weighted by Crippen LogP contribution is -2.00. The molecule has 2 N–H and O–H groups in total. The van der Waals surface area contributed by atoms with E-state index in [2.05, 4.69) is 16.0 Å². The van der Waals surface area contributed by atoms with Crippen LogP contribution >= 0.6 is 0 Å². The molecule has 0 radical (unpaired) electrons. The summed E-state index contributed by atoms with van der Waals surface area (Å²) in [5.41, 5.74) is 9.29. The molecule has 1 aromatic carbocycles. The van der Waals surface area contributed by atoms with Crippen LogP contribution in [0, 0.1) is 11.3 Å². The van der Waals surface area contributed by atoms with Gasteiger partial charge < -0.3 is 10.5 Å². The molecule has 118 valence electrons. The smallest absolute Gasteiger partial charge is 0.142 e. The van der Waals surface area contributed by atoms with E-state index in [0.29, 0.717) is 29.1 Å². The lowest BCUT2D eigenvalue weighted by atomic mass is 10.0. The van der Waals surface area contributed by atoms with Crippen LogP contribution in [0.5, 0.6) is 5.75 Å². The van der Waals surface area contributed by atoms with Gasteiger partial charge in [0, 0.05) is 17.3 Å². The second-order valence-electron chi connectivity index (χ2n) is 5.10. The number of hydrogen-bond donors (Lipinski definition) is 1. The number of nitrogens with zero attached hydrogens (tertiary/aromatic N) is 3. The number of hydrogen-bond acceptors (Lipinski definition) is 5. The summed E-state index contributed by atoms with van der Waals surface area (Å²) in [7, 11) is 0. The van der Waals surface area contributed by atoms with E-state index in [-0.39, 0.29) is 5.82 Å². The number of nitrogens with two attached hydrogens (primary N) is 1. The number of pyridine rings is 2. The summed E-state index contributed by atoms with van der Waals surface area (Å²) in [6, 6.07) is 17.1. The first-order chi connectivity index (χ1) is 11.7. The van der Waals surface area contributed by atoms with Crippen molar-refractivity contribution in [1.29, 1.82) is 5.26 Å². The van der Waals surface area contributed by atoms with E-state index in [1.807, 2.05) is 55.5 Å². The zero-order valence-corrected chi connectivity index (χ0v) is 13.2. The summed E-state index contributed by atoms with van der Waals surface area (Å²) in [5.74, 6) is 0.998. The summed E-state index contributed by atoms with van der Waals surface area (Å²) in [6.07, 6.45) is 1.68. The van der Waals surface area contributed by atoms with E-state index in [0.717, 1.165) is 11.3 Å². The van der Waals surface area contributed by atoms with Crippen LogP contribution in [-0.2, 0) is 0 Å². The normalized spacial score (nSPS) is 10.2. The van der Waals surface area contributed by atoms with Crippen molar-refractivity contribution in [3.05, 3.63) is 60.3 Å². The molecule has 24 heavy (non-hydrogen) atoms. The van der Waals surface area contributed by atoms with Gasteiger partial charge in [-0.25, -0.2) is 4.98 Å². The molecule has 0 aliphatic rings. The molecular formula is C19H16N4O. The van der Waals surface area contributed by atoms with E-state index in [1.165, 1.54) is 0 Å². The molecule has 2 heterocycles. The van der Waals surface area contributed by atoms with Gasteiger partial charge in [0.2, 0.25) is 0 Å². The quantitative estimate of drug-likeness (QED) is 0.794. The van der Waals surface area contributed by atoms with Gasteiger partial charge in [-0.1, -0.05) is 6.07 Å². The maximum absolute atomic E-state index is 9.40. The van der Waals surface area contributed by atoms with Gasteiger partial charge in [-0.05, 0) is 49.4 Å². The summed E-state index contributed by atoms with van der Waals surface area (Å²) in [5, 5.41) is 9.40. The van der Waals surface area contributed by atoms with E-state index in [1.54, 1.807) is 6.20 Å². The summed E-state index contributed by atoms with van der Waals surface area (Å²) in [4.78, 5) is 8.68. The van der Waals surface area contributed by atoms with Gasteiger partial charge >= 0.3 is 0 Å². The molecule has 0 unspecified atom stereocenters. The van der Waals surface area contributed by atoms with Crippen LogP contribution in [0.4, 0.5) is 5.82 Å². The molecule has 0 bridgehead atoms. The standard InChI is InChI=1S/C19H16N4O/c1-2-24-14-8-6-13(7-9-14)18-11-15(16(12-20)19(21)23-18)17-5-3-4-10-22-17/h3-11H,2H2,1H3,(H2,21,23). The zero-order valence-electron chi connectivity index (χ0n) is 13.2. The van der Waals surface area contributed by atoms with Gasteiger partial charge in [-0.2, -0.15) is 5.26 Å². The highest BCUT2D eigenvalue weighted by molar-refractivity contribution is 5.78. The summed E-state index contributed by atoms with van der Waals surface area (Å²) in [6.45, 7) is 2.56. The number of anilines is 1. The van der Waals surface area contributed by atoms with Crippen LogP contribution in [0.2, 0.25) is 0 Å². The molecule has 0 atom stereocenters. The van der Waals surface area contributed by atoms with Crippen molar-refractivity contribution >= 4 is 5.82 Å². The number of nitrogen functional groups attached to an aromatic ring is 1. The minimum Gasteiger partial charge on any atom is -0.494 e. The monoisotopic (exact) mass is 316 g/mol. The summed E-state index contributed by atoms with van der Waals surface area (Å²) < 4.78 is 5.45. The number of nitriles is 1. The van der Waals surface area contributed by atoms with Crippen molar-refractivity contribution in [2.45, 2.75) is 6.92 Å². The third kappa shape index (κ3) is 3.03. The molecule has 0 aliphatic carbocycles. The molecular weight excluding hydrogens is 300 g/mol. The van der Waals surface area contributed by atoms with Gasteiger partial charge in [0.1, 0.15) is 23.2 Å². The van der Waals surface area contributed by atoms with E-state index in [4.69, 9.17) is 10.5 Å². The largest absolute Gasteiger partial charge is 0.494 e. The number of rotatable bonds is 4. The molecule has 0 spiro atoms. The Hall–Kier alpha value is -3.39. The van der Waals surface area contributed by atoms with E-state index < -0.39 is 0 Å². The van der Waals surface area contributed by atoms with Gasteiger partial charge in [0.15, 0.2) is 0 Å². The van der Waals surface area contributed by atoms with Gasteiger partial charge in [-0.3, -0.25) is 4.98 Å². The van der Waals surface area contributed by atoms with Crippen LogP contribution in [0.25, 0.3) is 22.5 Å². The van der Waals surface area contributed by atoms with Crippen LogP contribution in [0.1, 0.15) is 12.5 Å². The van der Waals surface area contributed by atoms with Gasteiger partial charge in [0.05, 0.1) is 18.0 Å². The SMILES string of the molecule is CCOc1ccc(-c2cc(-c3ccccn3)c(C#N)c(N)n2)cc1. The minimum atomic E-state index is 0.199. The van der Waals surface area contributed by atoms with Crippen molar-refractivity contribution in [2.24, 2.45) is 0 Å². The fourth-order valence-corrected chi connectivity index (χ4v) is 2.44. The van der Waals surface area contributed by atoms with Crippen LogP contribution in [0.15, 0.2) is 54.7 Å². The Morgan fingerprint density at radius 3 is 2.54 bits per heavy atom. The Bertz CT molecular complexity index is 884.